The summed E-state index contributed by atoms with van der Waals surface area (Å²) in [6.07, 6.45) is 0. The molecule has 62 valence electrons. The fraction of sp³-hybridized carbons (Fsp3) is 1.00. The van der Waals surface area contributed by atoms with Gasteiger partial charge < -0.3 is 0 Å². The van der Waals surface area contributed by atoms with Crippen LogP contribution in [-0.2, 0) is 0 Å². The third-order valence-electron chi connectivity index (χ3n) is 1.56. The maximum Gasteiger partial charge on any atom is 0.237 e. The number of hydrogen-bond donors (Lipinski definition) is 0. The Morgan fingerprint density at radius 2 is 1.20 bits per heavy atom. The first-order chi connectivity index (χ1) is 4.13. The van der Waals surface area contributed by atoms with Crippen molar-refractivity contribution in [2.75, 3.05) is 0 Å². The van der Waals surface area contributed by atoms with Crippen LogP contribution in [0.2, 0.25) is 10.6 Å². The van der Waals surface area contributed by atoms with Crippen LogP contribution in [0.1, 0.15) is 27.7 Å². The number of rotatable bonds is 4. The van der Waals surface area contributed by atoms with E-state index in [1.54, 1.807) is 0 Å². The Hall–Kier alpha value is 1.26. The van der Waals surface area contributed by atoms with Crippen molar-refractivity contribution in [1.29, 1.82) is 0 Å². The van der Waals surface area contributed by atoms with Gasteiger partial charge in [0.25, 0.3) is 0 Å². The van der Waals surface area contributed by atoms with E-state index in [4.69, 9.17) is 0 Å². The van der Waals surface area contributed by atoms with Gasteiger partial charge in [0.2, 0.25) is 15.2 Å². The zero-order valence-corrected chi connectivity index (χ0v) is 11.4. The Morgan fingerprint density at radius 3 is 1.40 bits per heavy atom. The average Bonchev–Trinajstić information content (AvgIpc) is 1.63. The van der Waals surface area contributed by atoms with Gasteiger partial charge in [0, 0.05) is 0 Å². The molecule has 0 spiro atoms. The first-order valence-electron chi connectivity index (χ1n) is 4.13. The van der Waals surface area contributed by atoms with E-state index in [0.717, 1.165) is 11.8 Å². The van der Waals surface area contributed by atoms with Gasteiger partial charge in [-0.25, -0.2) is 0 Å². The predicted octanol–water partition coefficient (Wildman–Crippen LogP) is 3.19. The van der Waals surface area contributed by atoms with Crippen molar-refractivity contribution in [3.63, 3.8) is 0 Å². The largest absolute Gasteiger partial charge is 0.237 e. The molecule has 0 aromatic rings. The number of halogens is 1. The highest BCUT2D eigenvalue weighted by atomic mass is 127. The minimum absolute atomic E-state index is 0. The lowest BCUT2D eigenvalue weighted by Gasteiger charge is -2.03. The number of hydrogen-bond acceptors (Lipinski definition) is 0. The van der Waals surface area contributed by atoms with Gasteiger partial charge in [-0.05, 0) is 0 Å². The van der Waals surface area contributed by atoms with Crippen LogP contribution in [0.4, 0.5) is 0 Å². The van der Waals surface area contributed by atoms with Gasteiger partial charge in [0.1, 0.15) is 0 Å². The van der Waals surface area contributed by atoms with Crippen molar-refractivity contribution in [3.05, 3.63) is 0 Å². The van der Waals surface area contributed by atoms with Crippen molar-refractivity contribution < 1.29 is 0 Å². The van der Waals surface area contributed by atoms with Gasteiger partial charge >= 0.3 is 0 Å². The second-order valence-corrected chi connectivity index (χ2v) is 5.58. The maximum absolute atomic E-state index is 2.33. The molecule has 0 aliphatic carbocycles. The second-order valence-electron chi connectivity index (χ2n) is 3.72. The normalized spacial score (nSPS) is 9.80. The fourth-order valence-corrected chi connectivity index (χ4v) is 2.80. The summed E-state index contributed by atoms with van der Waals surface area (Å²) in [5, 5.41) is 3.08. The van der Waals surface area contributed by atoms with Crippen LogP contribution in [0.3, 0.4) is 0 Å². The molecule has 0 amide bonds. The lowest BCUT2D eigenvalue weighted by Crippen LogP contribution is -1.99. The molecule has 0 fully saturated rings. The van der Waals surface area contributed by atoms with E-state index in [1.165, 1.54) is 10.6 Å². The summed E-state index contributed by atoms with van der Waals surface area (Å²) in [6, 6.07) is 0. The minimum atomic E-state index is 0. The smallest absolute Gasteiger partial charge is 0.107 e. The lowest BCUT2D eigenvalue weighted by molar-refractivity contribution is 0.700. The summed E-state index contributed by atoms with van der Waals surface area (Å²) in [7, 11) is 0. The Bertz CT molecular complexity index is 54.3. The molecule has 0 aliphatic rings. The van der Waals surface area contributed by atoms with E-state index in [-0.39, 0.29) is 24.0 Å². The molecule has 0 saturated carbocycles. The van der Waals surface area contributed by atoms with Gasteiger partial charge in [-0.2, -0.15) is 0 Å². The van der Waals surface area contributed by atoms with Crippen LogP contribution in [0, 0.1) is 11.8 Å². The third-order valence-corrected chi connectivity index (χ3v) is 4.69. The zero-order valence-electron chi connectivity index (χ0n) is 7.68. The van der Waals surface area contributed by atoms with E-state index < -0.39 is 0 Å². The Labute approximate surface area is 88.9 Å². The highest BCUT2D eigenvalue weighted by molar-refractivity contribution is 14.0. The molecule has 10 heavy (non-hydrogen) atoms. The van der Waals surface area contributed by atoms with Gasteiger partial charge in [-0.3, -0.25) is 0 Å². The van der Waals surface area contributed by atoms with E-state index in [9.17, 15) is 0 Å². The topological polar surface area (TPSA) is 0 Å². The van der Waals surface area contributed by atoms with Crippen LogP contribution < -0.4 is 0 Å². The van der Waals surface area contributed by atoms with Crippen molar-refractivity contribution in [3.8, 4) is 0 Å². The summed E-state index contributed by atoms with van der Waals surface area (Å²) in [4.78, 5) is 0. The Morgan fingerprint density at radius 1 is 0.900 bits per heavy atom. The summed E-state index contributed by atoms with van der Waals surface area (Å²) >= 11 is 0.316. The van der Waals surface area contributed by atoms with Crippen molar-refractivity contribution in [1.82, 2.24) is 0 Å². The Balaban J connectivity index is 0. The van der Waals surface area contributed by atoms with Gasteiger partial charge in [0.15, 0.2) is 0 Å². The molecule has 0 bridgehead atoms. The molecule has 0 unspecified atom stereocenters. The lowest BCUT2D eigenvalue weighted by atomic mass is 10.3. The highest BCUT2D eigenvalue weighted by Gasteiger charge is 1.99. The summed E-state index contributed by atoms with van der Waals surface area (Å²) in [5.41, 5.74) is 0. The first kappa shape index (κ1) is 13.8. The van der Waals surface area contributed by atoms with E-state index in [2.05, 4.69) is 27.7 Å². The SMILES string of the molecule is CC(C)[CH2][AlH][CH2]C(C)C.I. The molecule has 0 heterocycles. The molecule has 0 radical (unpaired) electrons. The van der Waals surface area contributed by atoms with E-state index >= 15 is 0 Å². The molecule has 0 saturated heterocycles. The van der Waals surface area contributed by atoms with E-state index in [1.807, 2.05) is 0 Å². The van der Waals surface area contributed by atoms with Crippen LogP contribution in [0.25, 0.3) is 0 Å². The summed E-state index contributed by atoms with van der Waals surface area (Å²) in [5.74, 6) is 1.91. The second kappa shape index (κ2) is 8.36. The standard InChI is InChI=1S/2C4H9.Al.HI.H/c2*1-4(2)3;;;/h2*4H,1H2,2-3H3;;1H;. The van der Waals surface area contributed by atoms with Gasteiger partial charge in [-0.1, -0.05) is 50.1 Å². The van der Waals surface area contributed by atoms with Gasteiger partial charge in [0.05, 0.1) is 0 Å². The van der Waals surface area contributed by atoms with Crippen molar-refractivity contribution >= 4 is 39.2 Å². The molecular formula is C8H20AlI. The molecule has 0 rings (SSSR count). The van der Waals surface area contributed by atoms with Crippen LogP contribution in [0.15, 0.2) is 0 Å². The molecule has 0 atom stereocenters. The van der Waals surface area contributed by atoms with Crippen molar-refractivity contribution in [2.24, 2.45) is 11.8 Å². The molecule has 0 aliphatic heterocycles. The summed E-state index contributed by atoms with van der Waals surface area (Å²) in [6.45, 7) is 9.31. The molecule has 0 aromatic carbocycles. The maximum atomic E-state index is 2.33. The molecule has 2 heteroatoms. The molecular weight excluding hydrogens is 250 g/mol. The zero-order chi connectivity index (χ0) is 7.28. The summed E-state index contributed by atoms with van der Waals surface area (Å²) < 4.78 is 0. The molecule has 0 nitrogen and oxygen atoms in total. The fourth-order valence-electron chi connectivity index (χ4n) is 0.934. The van der Waals surface area contributed by atoms with Crippen LogP contribution in [-0.4, -0.2) is 15.2 Å². The van der Waals surface area contributed by atoms with E-state index in [0.29, 0.717) is 15.2 Å². The monoisotopic (exact) mass is 270 g/mol. The average molecular weight is 270 g/mol. The van der Waals surface area contributed by atoms with Crippen LogP contribution >= 0.6 is 24.0 Å². The predicted molar refractivity (Wildman–Crippen MR) is 61.9 cm³/mol. The third kappa shape index (κ3) is 12.0. The Kier molecular flexibility index (Phi) is 11.6. The van der Waals surface area contributed by atoms with Crippen LogP contribution in [0.5, 0.6) is 0 Å². The van der Waals surface area contributed by atoms with Gasteiger partial charge in [-0.15, -0.1) is 24.0 Å². The molecule has 0 N–H and O–H groups in total. The molecule has 0 aromatic heterocycles. The quantitative estimate of drug-likeness (QED) is 0.543. The minimum Gasteiger partial charge on any atom is -0.107 e. The highest BCUT2D eigenvalue weighted by Crippen LogP contribution is 2.05. The first-order valence-corrected chi connectivity index (χ1v) is 6.13. The van der Waals surface area contributed by atoms with Crippen molar-refractivity contribution in [2.45, 2.75) is 38.3 Å².